The summed E-state index contributed by atoms with van der Waals surface area (Å²) in [6, 6.07) is 0. The molecule has 0 aromatic carbocycles. The van der Waals surface area contributed by atoms with E-state index in [1.165, 1.54) is 6.33 Å². The second-order valence-electron chi connectivity index (χ2n) is 5.69. The fraction of sp³-hybridized carbons (Fsp3) is 0.615. The van der Waals surface area contributed by atoms with Gasteiger partial charge in [0.05, 0.1) is 0 Å². The highest BCUT2D eigenvalue weighted by Crippen LogP contribution is 2.26. The van der Waals surface area contributed by atoms with Gasteiger partial charge in [-0.15, -0.1) is 0 Å². The van der Waals surface area contributed by atoms with E-state index in [1.807, 2.05) is 6.92 Å². The largest absolute Gasteiger partial charge is 0.396 e. The molecule has 0 unspecified atom stereocenters. The maximum Gasteiger partial charge on any atom is 0.255 e. The van der Waals surface area contributed by atoms with Crippen molar-refractivity contribution < 1.29 is 5.11 Å². The number of fused-ring (bicyclic) bond motifs is 1. The van der Waals surface area contributed by atoms with Gasteiger partial charge in [0, 0.05) is 18.7 Å². The van der Waals surface area contributed by atoms with E-state index >= 15 is 0 Å². The number of nitrogens with zero attached hydrogens (tertiary/aromatic N) is 4. The van der Waals surface area contributed by atoms with Crippen molar-refractivity contribution in [2.24, 2.45) is 5.41 Å². The van der Waals surface area contributed by atoms with Gasteiger partial charge in [0.25, 0.3) is 5.78 Å². The molecule has 110 valence electrons. The third-order valence-corrected chi connectivity index (χ3v) is 3.72. The highest BCUT2D eigenvalue weighted by Gasteiger charge is 2.19. The van der Waals surface area contributed by atoms with E-state index in [4.69, 9.17) is 16.7 Å². The predicted octanol–water partition coefficient (Wildman–Crippen LogP) is 2.30. The first-order valence-corrected chi connectivity index (χ1v) is 7.03. The molecule has 0 fully saturated rings. The lowest BCUT2D eigenvalue weighted by atomic mass is 9.88. The van der Waals surface area contributed by atoms with E-state index < -0.39 is 0 Å². The average molecular weight is 298 g/mol. The maximum atomic E-state index is 8.94. The Morgan fingerprint density at radius 3 is 2.90 bits per heavy atom. The van der Waals surface area contributed by atoms with Crippen LogP contribution >= 0.6 is 11.6 Å². The van der Waals surface area contributed by atoms with Crippen LogP contribution in [0.5, 0.6) is 0 Å². The number of halogens is 1. The molecule has 0 bridgehead atoms. The smallest absolute Gasteiger partial charge is 0.255 e. The van der Waals surface area contributed by atoms with E-state index in [0.717, 1.165) is 30.8 Å². The standard InChI is InChI=1S/C13H20ClN5O/c1-9-10(14)18-12-16-8-17-19(12)11(9)15-7-13(2,3)5-4-6-20/h8,15,20H,4-7H2,1-3H3. The second-order valence-corrected chi connectivity index (χ2v) is 6.05. The molecule has 6 nitrogen and oxygen atoms in total. The highest BCUT2D eigenvalue weighted by atomic mass is 35.5. The molecule has 2 aromatic heterocycles. The van der Waals surface area contributed by atoms with Gasteiger partial charge in [0.15, 0.2) is 0 Å². The summed E-state index contributed by atoms with van der Waals surface area (Å²) in [7, 11) is 0. The molecule has 2 N–H and O–H groups in total. The average Bonchev–Trinajstić information content (AvgIpc) is 2.84. The molecule has 0 atom stereocenters. The van der Waals surface area contributed by atoms with Gasteiger partial charge in [-0.3, -0.25) is 0 Å². The van der Waals surface area contributed by atoms with Crippen molar-refractivity contribution in [1.29, 1.82) is 0 Å². The van der Waals surface area contributed by atoms with Crippen LogP contribution in [0.15, 0.2) is 6.33 Å². The van der Waals surface area contributed by atoms with Crippen LogP contribution in [0.4, 0.5) is 5.82 Å². The third kappa shape index (κ3) is 3.19. The van der Waals surface area contributed by atoms with E-state index in [-0.39, 0.29) is 12.0 Å². The summed E-state index contributed by atoms with van der Waals surface area (Å²) >= 11 is 6.12. The van der Waals surface area contributed by atoms with Gasteiger partial charge < -0.3 is 10.4 Å². The van der Waals surface area contributed by atoms with Crippen LogP contribution in [0.25, 0.3) is 5.78 Å². The molecule has 0 aliphatic carbocycles. The zero-order valence-electron chi connectivity index (χ0n) is 12.0. The van der Waals surface area contributed by atoms with Crippen molar-refractivity contribution in [3.63, 3.8) is 0 Å². The van der Waals surface area contributed by atoms with Crippen molar-refractivity contribution >= 4 is 23.2 Å². The van der Waals surface area contributed by atoms with E-state index in [1.54, 1.807) is 4.52 Å². The van der Waals surface area contributed by atoms with Crippen LogP contribution in [-0.2, 0) is 0 Å². The number of hydrogen-bond acceptors (Lipinski definition) is 5. The number of rotatable bonds is 6. The predicted molar refractivity (Wildman–Crippen MR) is 79.1 cm³/mol. The van der Waals surface area contributed by atoms with Crippen LogP contribution < -0.4 is 5.32 Å². The van der Waals surface area contributed by atoms with Crippen molar-refractivity contribution in [3.05, 3.63) is 17.0 Å². The van der Waals surface area contributed by atoms with Gasteiger partial charge in [0.2, 0.25) is 0 Å². The maximum absolute atomic E-state index is 8.94. The molecule has 7 heteroatoms. The van der Waals surface area contributed by atoms with Gasteiger partial charge in [-0.2, -0.15) is 19.6 Å². The molecule has 0 saturated heterocycles. The van der Waals surface area contributed by atoms with Gasteiger partial charge in [-0.1, -0.05) is 25.4 Å². The zero-order valence-corrected chi connectivity index (χ0v) is 12.8. The summed E-state index contributed by atoms with van der Waals surface area (Å²) in [5.74, 6) is 1.30. The third-order valence-electron chi connectivity index (χ3n) is 3.35. The van der Waals surface area contributed by atoms with Crippen molar-refractivity contribution in [2.75, 3.05) is 18.5 Å². The Balaban J connectivity index is 2.21. The van der Waals surface area contributed by atoms with Crippen LogP contribution in [0.2, 0.25) is 5.15 Å². The van der Waals surface area contributed by atoms with Crippen molar-refractivity contribution in [2.45, 2.75) is 33.6 Å². The minimum atomic E-state index is 0.0673. The summed E-state index contributed by atoms with van der Waals surface area (Å²) in [6.45, 7) is 7.19. The monoisotopic (exact) mass is 297 g/mol. The van der Waals surface area contributed by atoms with Gasteiger partial charge in [-0.05, 0) is 25.2 Å². The Morgan fingerprint density at radius 2 is 2.20 bits per heavy atom. The lowest BCUT2D eigenvalue weighted by molar-refractivity contribution is 0.247. The zero-order chi connectivity index (χ0) is 14.8. The van der Waals surface area contributed by atoms with Crippen molar-refractivity contribution in [1.82, 2.24) is 19.6 Å². The molecule has 0 saturated carbocycles. The van der Waals surface area contributed by atoms with E-state index in [2.05, 4.69) is 34.2 Å². The SMILES string of the molecule is Cc1c(Cl)nc2ncnn2c1NCC(C)(C)CCCO. The summed E-state index contributed by atoms with van der Waals surface area (Å²) in [6.07, 6.45) is 3.19. The lowest BCUT2D eigenvalue weighted by Crippen LogP contribution is -2.25. The first-order chi connectivity index (χ1) is 9.44. The van der Waals surface area contributed by atoms with Gasteiger partial charge >= 0.3 is 0 Å². The van der Waals surface area contributed by atoms with Gasteiger partial charge in [0.1, 0.15) is 17.3 Å². The number of aromatic nitrogens is 4. The first kappa shape index (κ1) is 15.0. The minimum absolute atomic E-state index is 0.0673. The quantitative estimate of drug-likeness (QED) is 0.800. The van der Waals surface area contributed by atoms with Crippen LogP contribution in [-0.4, -0.2) is 37.8 Å². The summed E-state index contributed by atoms with van der Waals surface area (Å²) in [5.41, 5.74) is 0.917. The topological polar surface area (TPSA) is 75.3 Å². The normalized spacial score (nSPS) is 12.1. The highest BCUT2D eigenvalue weighted by molar-refractivity contribution is 6.30. The molecule has 2 rings (SSSR count). The number of aliphatic hydroxyl groups is 1. The Labute approximate surface area is 123 Å². The summed E-state index contributed by atoms with van der Waals surface area (Å²) in [5, 5.41) is 16.9. The Hall–Kier alpha value is -1.40. The van der Waals surface area contributed by atoms with Crippen LogP contribution in [0.1, 0.15) is 32.3 Å². The fourth-order valence-corrected chi connectivity index (χ4v) is 2.24. The Bertz CT molecular complexity index is 596. The van der Waals surface area contributed by atoms with E-state index in [9.17, 15) is 0 Å². The molecular weight excluding hydrogens is 278 g/mol. The second kappa shape index (κ2) is 5.93. The number of hydrogen-bond donors (Lipinski definition) is 2. The number of nitrogens with one attached hydrogen (secondary N) is 1. The molecule has 0 amide bonds. The number of anilines is 1. The van der Waals surface area contributed by atoms with Crippen LogP contribution in [0.3, 0.4) is 0 Å². The molecule has 0 aliphatic heterocycles. The molecule has 2 heterocycles. The molecule has 0 radical (unpaired) electrons. The Kier molecular flexibility index (Phi) is 4.45. The molecule has 2 aromatic rings. The van der Waals surface area contributed by atoms with Crippen molar-refractivity contribution in [3.8, 4) is 0 Å². The lowest BCUT2D eigenvalue weighted by Gasteiger charge is -2.25. The minimum Gasteiger partial charge on any atom is -0.396 e. The molecular formula is C13H20ClN5O. The molecule has 20 heavy (non-hydrogen) atoms. The van der Waals surface area contributed by atoms with Crippen LogP contribution in [0, 0.1) is 12.3 Å². The molecule has 0 aliphatic rings. The summed E-state index contributed by atoms with van der Waals surface area (Å²) < 4.78 is 1.66. The number of aliphatic hydroxyl groups excluding tert-OH is 1. The fourth-order valence-electron chi connectivity index (χ4n) is 2.07. The molecule has 0 spiro atoms. The first-order valence-electron chi connectivity index (χ1n) is 6.65. The van der Waals surface area contributed by atoms with Gasteiger partial charge in [-0.25, -0.2) is 0 Å². The summed E-state index contributed by atoms with van der Waals surface area (Å²) in [4.78, 5) is 8.23. The Morgan fingerprint density at radius 1 is 1.45 bits per heavy atom. The van der Waals surface area contributed by atoms with E-state index in [0.29, 0.717) is 10.9 Å².